The van der Waals surface area contributed by atoms with Gasteiger partial charge in [0.25, 0.3) is 11.8 Å². The number of ketones is 1. The van der Waals surface area contributed by atoms with Gasteiger partial charge in [-0.3, -0.25) is 14.4 Å². The summed E-state index contributed by atoms with van der Waals surface area (Å²) < 4.78 is 10.8. The van der Waals surface area contributed by atoms with E-state index in [0.29, 0.717) is 38.9 Å². The number of nitrogens with one attached hydrogen (secondary N) is 2. The second-order valence-electron chi connectivity index (χ2n) is 8.66. The van der Waals surface area contributed by atoms with Crippen molar-refractivity contribution in [1.82, 2.24) is 5.32 Å². The molecule has 4 aromatic rings. The number of thioether (sulfide) groups is 1. The zero-order valence-corrected chi connectivity index (χ0v) is 23.9. The highest BCUT2D eigenvalue weighted by Crippen LogP contribution is 2.27. The van der Waals surface area contributed by atoms with Crippen molar-refractivity contribution < 1.29 is 23.9 Å². The molecular weight excluding hydrogens is 560 g/mol. The molecule has 0 aliphatic heterocycles. The highest BCUT2D eigenvalue weighted by Gasteiger charge is 2.17. The third-order valence-electron chi connectivity index (χ3n) is 5.90. The molecule has 9 heteroatoms. The molecule has 0 bridgehead atoms. The van der Waals surface area contributed by atoms with Crippen molar-refractivity contribution in [2.24, 2.45) is 0 Å². The van der Waals surface area contributed by atoms with Crippen molar-refractivity contribution in [3.63, 3.8) is 0 Å². The first-order chi connectivity index (χ1) is 19.9. The van der Waals surface area contributed by atoms with E-state index in [0.717, 1.165) is 4.90 Å². The average Bonchev–Trinajstić information content (AvgIpc) is 3.00. The van der Waals surface area contributed by atoms with Gasteiger partial charge in [0.1, 0.15) is 17.2 Å². The minimum Gasteiger partial charge on any atom is -0.497 e. The Hall–Kier alpha value is -4.53. The predicted octanol–water partition coefficient (Wildman–Crippen LogP) is 6.74. The molecule has 0 fully saturated rings. The molecule has 4 rings (SSSR count). The van der Waals surface area contributed by atoms with Gasteiger partial charge >= 0.3 is 0 Å². The van der Waals surface area contributed by atoms with Crippen LogP contribution in [0.3, 0.4) is 0 Å². The van der Waals surface area contributed by atoms with E-state index in [1.165, 1.54) is 32.1 Å². The Labute approximate surface area is 247 Å². The number of anilines is 1. The summed E-state index contributed by atoms with van der Waals surface area (Å²) in [6, 6.07) is 27.7. The Morgan fingerprint density at radius 1 is 0.854 bits per heavy atom. The normalized spacial score (nSPS) is 11.0. The van der Waals surface area contributed by atoms with Crippen LogP contribution in [0.25, 0.3) is 6.08 Å². The summed E-state index contributed by atoms with van der Waals surface area (Å²) in [4.78, 5) is 39.9. The molecule has 0 atom stereocenters. The van der Waals surface area contributed by atoms with Gasteiger partial charge in [0.2, 0.25) is 0 Å². The fraction of sp³-hybridized carbons (Fsp3) is 0.0938. The smallest absolute Gasteiger partial charge is 0.272 e. The molecule has 0 spiro atoms. The van der Waals surface area contributed by atoms with Crippen LogP contribution in [0.5, 0.6) is 11.5 Å². The number of carbonyl (C=O) groups is 3. The number of amides is 2. The summed E-state index contributed by atoms with van der Waals surface area (Å²) >= 11 is 7.48. The van der Waals surface area contributed by atoms with E-state index in [1.807, 2.05) is 6.07 Å². The van der Waals surface area contributed by atoms with Gasteiger partial charge in [-0.1, -0.05) is 48.0 Å². The maximum absolute atomic E-state index is 13.5. The number of halogens is 1. The molecule has 7 nitrogen and oxygen atoms in total. The number of hydrogen-bond acceptors (Lipinski definition) is 6. The molecule has 0 radical (unpaired) electrons. The first kappa shape index (κ1) is 29.5. The summed E-state index contributed by atoms with van der Waals surface area (Å²) in [6.45, 7) is 0. The van der Waals surface area contributed by atoms with E-state index >= 15 is 0 Å². The third kappa shape index (κ3) is 8.00. The van der Waals surface area contributed by atoms with Gasteiger partial charge in [0.15, 0.2) is 5.78 Å². The molecule has 0 unspecified atom stereocenters. The third-order valence-corrected chi connectivity index (χ3v) is 7.22. The summed E-state index contributed by atoms with van der Waals surface area (Å²) in [5.41, 5.74) is 1.88. The summed E-state index contributed by atoms with van der Waals surface area (Å²) in [5.74, 6) is 0.129. The van der Waals surface area contributed by atoms with E-state index in [9.17, 15) is 14.4 Å². The molecule has 208 valence electrons. The highest BCUT2D eigenvalue weighted by molar-refractivity contribution is 8.00. The zero-order chi connectivity index (χ0) is 29.2. The van der Waals surface area contributed by atoms with E-state index < -0.39 is 11.8 Å². The fourth-order valence-corrected chi connectivity index (χ4v) is 4.91. The molecule has 4 aromatic carbocycles. The molecule has 0 aromatic heterocycles. The summed E-state index contributed by atoms with van der Waals surface area (Å²) in [7, 11) is 3.05. The van der Waals surface area contributed by atoms with Gasteiger partial charge < -0.3 is 20.1 Å². The number of benzene rings is 4. The number of methoxy groups -OCH3 is 2. The van der Waals surface area contributed by atoms with Gasteiger partial charge in [-0.05, 0) is 66.7 Å². The van der Waals surface area contributed by atoms with Crippen molar-refractivity contribution in [2.45, 2.75) is 4.90 Å². The number of ether oxygens (including phenoxy) is 2. The van der Waals surface area contributed by atoms with Crippen LogP contribution in [0.2, 0.25) is 5.02 Å². The highest BCUT2D eigenvalue weighted by atomic mass is 35.5. The number of rotatable bonds is 11. The molecule has 0 saturated carbocycles. The quantitative estimate of drug-likeness (QED) is 0.115. The average molecular weight is 587 g/mol. The van der Waals surface area contributed by atoms with Crippen LogP contribution in [0.15, 0.2) is 108 Å². The monoisotopic (exact) mass is 586 g/mol. The molecule has 0 heterocycles. The number of carbonyl (C=O) groups excluding carboxylic acids is 3. The first-order valence-corrected chi connectivity index (χ1v) is 13.9. The van der Waals surface area contributed by atoms with Crippen LogP contribution in [-0.4, -0.2) is 37.6 Å². The molecule has 0 saturated heterocycles. The lowest BCUT2D eigenvalue weighted by atomic mass is 10.1. The minimum absolute atomic E-state index is 0.00244. The van der Waals surface area contributed by atoms with E-state index in [1.54, 1.807) is 91.0 Å². The fourth-order valence-electron chi connectivity index (χ4n) is 3.83. The van der Waals surface area contributed by atoms with Gasteiger partial charge in [0, 0.05) is 27.3 Å². The van der Waals surface area contributed by atoms with Gasteiger partial charge in [-0.2, -0.15) is 0 Å². The predicted molar refractivity (Wildman–Crippen MR) is 163 cm³/mol. The Morgan fingerprint density at radius 2 is 1.61 bits per heavy atom. The SMILES string of the molecule is COc1ccc(OC)c(/C=C(\NC(=O)c2ccccc2)C(=O)Nc2cccc(SCC(=O)c3ccccc3Cl)c2)c1. The van der Waals surface area contributed by atoms with Crippen LogP contribution in [0, 0.1) is 0 Å². The lowest BCUT2D eigenvalue weighted by Crippen LogP contribution is -2.30. The van der Waals surface area contributed by atoms with Crippen LogP contribution in [0.1, 0.15) is 26.3 Å². The topological polar surface area (TPSA) is 93.7 Å². The number of Topliss-reactive ketones (excluding diaryl/α,β-unsaturated/α-hetero) is 1. The van der Waals surface area contributed by atoms with E-state index in [-0.39, 0.29) is 17.2 Å². The Kier molecular flexibility index (Phi) is 10.2. The maximum Gasteiger partial charge on any atom is 0.272 e. The summed E-state index contributed by atoms with van der Waals surface area (Å²) in [6.07, 6.45) is 1.53. The Balaban J connectivity index is 1.56. The first-order valence-electron chi connectivity index (χ1n) is 12.5. The van der Waals surface area contributed by atoms with Gasteiger partial charge in [-0.25, -0.2) is 0 Å². The molecule has 2 amide bonds. The zero-order valence-electron chi connectivity index (χ0n) is 22.3. The molecule has 0 aliphatic rings. The van der Waals surface area contributed by atoms with Gasteiger partial charge in [0.05, 0.1) is 25.0 Å². The molecular formula is C32H27ClN2O5S. The van der Waals surface area contributed by atoms with Crippen LogP contribution < -0.4 is 20.1 Å². The van der Waals surface area contributed by atoms with E-state index in [4.69, 9.17) is 21.1 Å². The van der Waals surface area contributed by atoms with Crippen LogP contribution >= 0.6 is 23.4 Å². The van der Waals surface area contributed by atoms with Crippen LogP contribution in [-0.2, 0) is 4.79 Å². The van der Waals surface area contributed by atoms with Gasteiger partial charge in [-0.15, -0.1) is 11.8 Å². The van der Waals surface area contributed by atoms with Crippen molar-refractivity contribution in [3.8, 4) is 11.5 Å². The number of hydrogen-bond donors (Lipinski definition) is 2. The second-order valence-corrected chi connectivity index (χ2v) is 10.1. The van der Waals surface area contributed by atoms with Crippen molar-refractivity contribution in [1.29, 1.82) is 0 Å². The Morgan fingerprint density at radius 3 is 2.34 bits per heavy atom. The molecule has 41 heavy (non-hydrogen) atoms. The molecule has 2 N–H and O–H groups in total. The largest absolute Gasteiger partial charge is 0.497 e. The standard InChI is InChI=1S/C32H27ClN2O5S/c1-39-24-15-16-30(40-2)22(17-24)18-28(35-31(37)21-9-4-3-5-10-21)32(38)34-23-11-8-12-25(19-23)41-20-29(36)26-13-6-7-14-27(26)33/h3-19H,20H2,1-2H3,(H,34,38)(H,35,37)/b28-18-. The maximum atomic E-state index is 13.5. The lowest BCUT2D eigenvalue weighted by Gasteiger charge is -2.13. The lowest BCUT2D eigenvalue weighted by molar-refractivity contribution is -0.113. The second kappa shape index (κ2) is 14.2. The van der Waals surface area contributed by atoms with Crippen LogP contribution in [0.4, 0.5) is 5.69 Å². The summed E-state index contributed by atoms with van der Waals surface area (Å²) in [5, 5.41) is 5.97. The minimum atomic E-state index is -0.548. The van der Waals surface area contributed by atoms with Crippen molar-refractivity contribution in [3.05, 3.63) is 124 Å². The van der Waals surface area contributed by atoms with Crippen molar-refractivity contribution >= 4 is 52.7 Å². The molecule has 0 aliphatic carbocycles. The van der Waals surface area contributed by atoms with Crippen molar-refractivity contribution in [2.75, 3.05) is 25.3 Å². The van der Waals surface area contributed by atoms with E-state index in [2.05, 4.69) is 10.6 Å². The Bertz CT molecular complexity index is 1590.